The Morgan fingerprint density at radius 2 is 1.72 bits per heavy atom. The molecule has 0 aromatic heterocycles. The molecule has 0 N–H and O–H groups in total. The van der Waals surface area contributed by atoms with E-state index in [1.54, 1.807) is 6.08 Å². The number of hydrogen-bond acceptors (Lipinski definition) is 4. The standard InChI is InChI=1S/C24H26BrNO3/c1-3-13-29-21-12-11-15(14-16(21)25)22-23-17(7-5-9-19(23)27)26(4-2)18-8-6-10-20(28)24(18)22/h3,11-12,14,22H,1,4-10,13H2,2H3. The third-order valence-corrected chi connectivity index (χ3v) is 6.67. The third-order valence-electron chi connectivity index (χ3n) is 6.05. The van der Waals surface area contributed by atoms with Crippen molar-refractivity contribution in [3.63, 3.8) is 0 Å². The predicted molar refractivity (Wildman–Crippen MR) is 117 cm³/mol. The predicted octanol–water partition coefficient (Wildman–Crippen LogP) is 5.45. The summed E-state index contributed by atoms with van der Waals surface area (Å²) in [6.45, 7) is 7.01. The van der Waals surface area contributed by atoms with Crippen LogP contribution in [0.4, 0.5) is 0 Å². The first-order chi connectivity index (χ1) is 14.1. The van der Waals surface area contributed by atoms with E-state index >= 15 is 0 Å². The van der Waals surface area contributed by atoms with Gasteiger partial charge in [-0.15, -0.1) is 0 Å². The lowest BCUT2D eigenvalue weighted by atomic mass is 9.71. The Morgan fingerprint density at radius 3 is 2.24 bits per heavy atom. The lowest BCUT2D eigenvalue weighted by Crippen LogP contribution is -2.39. The number of allylic oxidation sites excluding steroid dienone is 4. The van der Waals surface area contributed by atoms with Crippen molar-refractivity contribution in [3.8, 4) is 5.75 Å². The highest BCUT2D eigenvalue weighted by Crippen LogP contribution is 2.49. The van der Waals surface area contributed by atoms with Crippen LogP contribution in [0.25, 0.3) is 0 Å². The zero-order valence-electron chi connectivity index (χ0n) is 16.8. The van der Waals surface area contributed by atoms with E-state index in [1.807, 2.05) is 18.2 Å². The minimum Gasteiger partial charge on any atom is -0.488 e. The maximum absolute atomic E-state index is 13.1. The van der Waals surface area contributed by atoms with Gasteiger partial charge in [-0.1, -0.05) is 18.7 Å². The highest BCUT2D eigenvalue weighted by Gasteiger charge is 2.42. The van der Waals surface area contributed by atoms with Crippen LogP contribution in [0, 0.1) is 0 Å². The second-order valence-corrected chi connectivity index (χ2v) is 8.60. The van der Waals surface area contributed by atoms with Crippen LogP contribution in [0.2, 0.25) is 0 Å². The molecule has 0 saturated heterocycles. The second kappa shape index (κ2) is 8.31. The third kappa shape index (κ3) is 3.50. The van der Waals surface area contributed by atoms with E-state index in [-0.39, 0.29) is 17.5 Å². The quantitative estimate of drug-likeness (QED) is 0.553. The number of Topliss-reactive ketones (excluding diaryl/α,β-unsaturated/α-hetero) is 2. The second-order valence-electron chi connectivity index (χ2n) is 7.74. The summed E-state index contributed by atoms with van der Waals surface area (Å²) in [5.41, 5.74) is 4.90. The fourth-order valence-electron chi connectivity index (χ4n) is 4.89. The van der Waals surface area contributed by atoms with Crippen LogP contribution in [-0.2, 0) is 9.59 Å². The van der Waals surface area contributed by atoms with Crippen LogP contribution >= 0.6 is 15.9 Å². The van der Waals surface area contributed by atoms with Crippen molar-refractivity contribution >= 4 is 27.5 Å². The first-order valence-corrected chi connectivity index (χ1v) is 11.2. The van der Waals surface area contributed by atoms with E-state index in [0.29, 0.717) is 19.4 Å². The van der Waals surface area contributed by atoms with Gasteiger partial charge >= 0.3 is 0 Å². The van der Waals surface area contributed by atoms with Crippen molar-refractivity contribution in [2.24, 2.45) is 0 Å². The van der Waals surface area contributed by atoms with Gasteiger partial charge in [-0.25, -0.2) is 0 Å². The minimum absolute atomic E-state index is 0.183. The maximum atomic E-state index is 13.1. The summed E-state index contributed by atoms with van der Waals surface area (Å²) in [6, 6.07) is 5.91. The summed E-state index contributed by atoms with van der Waals surface area (Å²) in [6.07, 6.45) is 6.40. The smallest absolute Gasteiger partial charge is 0.161 e. The number of ketones is 2. The van der Waals surface area contributed by atoms with Crippen LogP contribution in [0.3, 0.4) is 0 Å². The van der Waals surface area contributed by atoms with Crippen molar-refractivity contribution in [3.05, 3.63) is 63.4 Å². The van der Waals surface area contributed by atoms with Crippen LogP contribution < -0.4 is 4.74 Å². The number of halogens is 1. The molecule has 4 nitrogen and oxygen atoms in total. The van der Waals surface area contributed by atoms with Gasteiger partial charge in [0.05, 0.1) is 4.47 Å². The maximum Gasteiger partial charge on any atom is 0.161 e. The zero-order valence-corrected chi connectivity index (χ0v) is 18.4. The fraction of sp³-hybridized carbons (Fsp3) is 0.417. The zero-order chi connectivity index (χ0) is 20.5. The number of benzene rings is 1. The number of nitrogens with zero attached hydrogens (tertiary/aromatic N) is 1. The topological polar surface area (TPSA) is 46.6 Å². The number of rotatable bonds is 5. The van der Waals surface area contributed by atoms with Crippen molar-refractivity contribution < 1.29 is 14.3 Å². The summed E-state index contributed by atoms with van der Waals surface area (Å²) in [5, 5.41) is 0. The highest BCUT2D eigenvalue weighted by atomic mass is 79.9. The SMILES string of the molecule is C=CCOc1ccc(C2C3=C(CCCC3=O)N(CC)C3=C2C(=O)CCC3)cc1Br. The van der Waals surface area contributed by atoms with E-state index in [1.165, 1.54) is 0 Å². The summed E-state index contributed by atoms with van der Waals surface area (Å²) >= 11 is 3.60. The molecule has 0 spiro atoms. The summed E-state index contributed by atoms with van der Waals surface area (Å²) in [5.74, 6) is 0.826. The number of hydrogen-bond donors (Lipinski definition) is 0. The molecule has 0 atom stereocenters. The molecule has 0 amide bonds. The van der Waals surface area contributed by atoms with E-state index in [9.17, 15) is 9.59 Å². The molecule has 1 aromatic carbocycles. The number of ether oxygens (including phenoxy) is 1. The van der Waals surface area contributed by atoms with Crippen LogP contribution in [0.5, 0.6) is 5.75 Å². The van der Waals surface area contributed by atoms with Gasteiger partial charge in [-0.3, -0.25) is 9.59 Å². The molecule has 1 aromatic rings. The van der Waals surface area contributed by atoms with Gasteiger partial charge in [0.1, 0.15) is 12.4 Å². The Hall–Kier alpha value is -2.14. The van der Waals surface area contributed by atoms with Crippen LogP contribution in [0.1, 0.15) is 56.9 Å². The molecule has 152 valence electrons. The molecule has 29 heavy (non-hydrogen) atoms. The highest BCUT2D eigenvalue weighted by molar-refractivity contribution is 9.10. The molecule has 0 bridgehead atoms. The van der Waals surface area contributed by atoms with Crippen LogP contribution in [-0.4, -0.2) is 29.6 Å². The molecule has 1 heterocycles. The summed E-state index contributed by atoms with van der Waals surface area (Å²) < 4.78 is 6.51. The molecule has 0 radical (unpaired) electrons. The average Bonchev–Trinajstić information content (AvgIpc) is 2.72. The van der Waals surface area contributed by atoms with Crippen molar-refractivity contribution in [2.45, 2.75) is 51.4 Å². The van der Waals surface area contributed by atoms with Crippen molar-refractivity contribution in [1.29, 1.82) is 0 Å². The largest absolute Gasteiger partial charge is 0.488 e. The van der Waals surface area contributed by atoms with Gasteiger partial charge in [-0.05, 0) is 66.2 Å². The Labute approximate surface area is 180 Å². The van der Waals surface area contributed by atoms with Crippen molar-refractivity contribution in [2.75, 3.05) is 13.2 Å². The first-order valence-electron chi connectivity index (χ1n) is 10.4. The Bertz CT molecular complexity index is 899. The average molecular weight is 456 g/mol. The van der Waals surface area contributed by atoms with Gasteiger partial charge in [0.15, 0.2) is 11.6 Å². The first kappa shape index (κ1) is 20.1. The van der Waals surface area contributed by atoms with E-state index in [0.717, 1.165) is 70.6 Å². The Morgan fingerprint density at radius 1 is 1.10 bits per heavy atom. The Balaban J connectivity index is 1.87. The fourth-order valence-corrected chi connectivity index (χ4v) is 5.40. The van der Waals surface area contributed by atoms with Crippen LogP contribution in [0.15, 0.2) is 57.9 Å². The summed E-state index contributed by atoms with van der Waals surface area (Å²) in [4.78, 5) is 28.4. The van der Waals surface area contributed by atoms with Gasteiger partial charge in [-0.2, -0.15) is 0 Å². The van der Waals surface area contributed by atoms with Gasteiger partial charge < -0.3 is 9.64 Å². The van der Waals surface area contributed by atoms with E-state index in [4.69, 9.17) is 4.74 Å². The Kier molecular flexibility index (Phi) is 5.77. The number of carbonyl (C=O) groups is 2. The summed E-state index contributed by atoms with van der Waals surface area (Å²) in [7, 11) is 0. The molecule has 0 unspecified atom stereocenters. The van der Waals surface area contributed by atoms with Gasteiger partial charge in [0.2, 0.25) is 0 Å². The minimum atomic E-state index is -0.270. The molecule has 2 aliphatic carbocycles. The molecule has 3 aliphatic rings. The van der Waals surface area contributed by atoms with E-state index in [2.05, 4.69) is 34.3 Å². The lowest BCUT2D eigenvalue weighted by Gasteiger charge is -2.43. The molecular formula is C24H26BrNO3. The molecule has 0 fully saturated rings. The van der Waals surface area contributed by atoms with Gasteiger partial charge in [0, 0.05) is 47.8 Å². The molecule has 0 saturated carbocycles. The van der Waals surface area contributed by atoms with Crippen molar-refractivity contribution in [1.82, 2.24) is 4.90 Å². The molecule has 1 aliphatic heterocycles. The monoisotopic (exact) mass is 455 g/mol. The van der Waals surface area contributed by atoms with Gasteiger partial charge in [0.25, 0.3) is 0 Å². The molecule has 5 heteroatoms. The normalized spacial score (nSPS) is 20.0. The molecule has 4 rings (SSSR count). The number of carbonyl (C=O) groups excluding carboxylic acids is 2. The molecular weight excluding hydrogens is 430 g/mol. The van der Waals surface area contributed by atoms with E-state index < -0.39 is 0 Å². The lowest BCUT2D eigenvalue weighted by molar-refractivity contribution is -0.117.